The number of nitriles is 1. The van der Waals surface area contributed by atoms with Crippen molar-refractivity contribution < 1.29 is 13.2 Å². The Kier molecular flexibility index (Phi) is 6.99. The van der Waals surface area contributed by atoms with Gasteiger partial charge in [-0.25, -0.2) is 8.42 Å². The molecule has 0 unspecified atom stereocenters. The third kappa shape index (κ3) is 5.53. The zero-order valence-electron chi connectivity index (χ0n) is 20.3. The maximum Gasteiger partial charge on any atom is 0.264 e. The molecule has 37 heavy (non-hydrogen) atoms. The lowest BCUT2D eigenvalue weighted by molar-refractivity contribution is 0.162. The summed E-state index contributed by atoms with van der Waals surface area (Å²) in [6, 6.07) is 26.8. The van der Waals surface area contributed by atoms with Crippen molar-refractivity contribution >= 4 is 32.2 Å². The number of hydrogen-bond donors (Lipinski definition) is 2. The Morgan fingerprint density at radius 2 is 1.62 bits per heavy atom. The monoisotopic (exact) mass is 512 g/mol. The van der Waals surface area contributed by atoms with E-state index in [9.17, 15) is 13.7 Å². The van der Waals surface area contributed by atoms with E-state index in [-0.39, 0.29) is 17.5 Å². The first-order valence-corrected chi connectivity index (χ1v) is 13.6. The summed E-state index contributed by atoms with van der Waals surface area (Å²) in [4.78, 5) is 0.157. The van der Waals surface area contributed by atoms with Crippen LogP contribution in [0.15, 0.2) is 89.8 Å². The molecule has 3 N–H and O–H groups in total. The van der Waals surface area contributed by atoms with E-state index in [2.05, 4.69) is 11.4 Å². The normalized spacial score (nSPS) is 14.2. The molecule has 7 nitrogen and oxygen atoms in total. The minimum atomic E-state index is -3.90. The number of nitrogens with two attached hydrogens (primary N) is 1. The van der Waals surface area contributed by atoms with Crippen LogP contribution in [0.3, 0.4) is 0 Å². The van der Waals surface area contributed by atoms with Gasteiger partial charge >= 0.3 is 0 Å². The van der Waals surface area contributed by atoms with Crippen LogP contribution in [0.25, 0.3) is 10.8 Å². The third-order valence-corrected chi connectivity index (χ3v) is 8.33. The summed E-state index contributed by atoms with van der Waals surface area (Å²) < 4.78 is 35.1. The maximum absolute atomic E-state index is 13.8. The first-order chi connectivity index (χ1) is 17.9. The molecule has 1 fully saturated rings. The summed E-state index contributed by atoms with van der Waals surface area (Å²) in [5, 5.41) is 14.5. The van der Waals surface area contributed by atoms with Gasteiger partial charge < -0.3 is 15.8 Å². The Balaban J connectivity index is 1.49. The van der Waals surface area contributed by atoms with E-state index in [1.165, 1.54) is 16.4 Å². The van der Waals surface area contributed by atoms with Gasteiger partial charge in [0.15, 0.2) is 0 Å². The molecule has 8 heteroatoms. The van der Waals surface area contributed by atoms with Crippen molar-refractivity contribution in [3.05, 3.63) is 96.1 Å². The Morgan fingerprint density at radius 3 is 2.32 bits per heavy atom. The summed E-state index contributed by atoms with van der Waals surface area (Å²) >= 11 is 0. The third-order valence-electron chi connectivity index (χ3n) is 6.54. The molecule has 0 aliphatic carbocycles. The molecule has 0 atom stereocenters. The van der Waals surface area contributed by atoms with Crippen molar-refractivity contribution in [1.29, 1.82) is 5.26 Å². The molecule has 0 radical (unpaired) electrons. The van der Waals surface area contributed by atoms with Gasteiger partial charge in [-0.05, 0) is 109 Å². The van der Waals surface area contributed by atoms with Crippen molar-refractivity contribution in [3.63, 3.8) is 0 Å². The van der Waals surface area contributed by atoms with Gasteiger partial charge in [-0.1, -0.05) is 18.2 Å². The van der Waals surface area contributed by atoms with Crippen LogP contribution in [0, 0.1) is 11.3 Å². The molecule has 1 saturated heterocycles. The number of sulfonamides is 1. The van der Waals surface area contributed by atoms with Crippen molar-refractivity contribution in [1.82, 2.24) is 5.32 Å². The maximum atomic E-state index is 13.8. The van der Waals surface area contributed by atoms with E-state index >= 15 is 0 Å². The Morgan fingerprint density at radius 1 is 0.919 bits per heavy atom. The standard InChI is InChI=1S/C29H28N4O3S/c30-19-21-1-3-23-4-2-22(18-24(23)17-21)20-33(37(34,35)29-11-5-25(31)6-12-29)26-7-9-27(10-8-26)36-28-13-15-32-16-14-28/h1-12,17-18,28,32H,13-16,20,31H2. The average Bonchev–Trinajstić information content (AvgIpc) is 2.92. The molecule has 0 aromatic heterocycles. The molecule has 0 saturated carbocycles. The molecule has 1 aliphatic rings. The van der Waals surface area contributed by atoms with E-state index in [1.54, 1.807) is 30.3 Å². The highest BCUT2D eigenvalue weighted by molar-refractivity contribution is 7.92. The first-order valence-electron chi connectivity index (χ1n) is 12.2. The molecule has 4 aromatic rings. The van der Waals surface area contributed by atoms with Crippen molar-refractivity contribution in [3.8, 4) is 11.8 Å². The van der Waals surface area contributed by atoms with Crippen LogP contribution in [0.1, 0.15) is 24.0 Å². The predicted octanol–water partition coefficient (Wildman–Crippen LogP) is 4.82. The summed E-state index contributed by atoms with van der Waals surface area (Å²) in [5.74, 6) is 0.718. The minimum absolute atomic E-state index is 0.119. The summed E-state index contributed by atoms with van der Waals surface area (Å²) in [6.07, 6.45) is 2.03. The van der Waals surface area contributed by atoms with Crippen LogP contribution in [-0.2, 0) is 16.6 Å². The van der Waals surface area contributed by atoms with Gasteiger partial charge in [-0.2, -0.15) is 5.26 Å². The fraction of sp³-hybridized carbons (Fsp3) is 0.207. The lowest BCUT2D eigenvalue weighted by Gasteiger charge is -2.26. The number of rotatable bonds is 7. The van der Waals surface area contributed by atoms with E-state index < -0.39 is 10.0 Å². The molecule has 5 rings (SSSR count). The van der Waals surface area contributed by atoms with Gasteiger partial charge in [0.1, 0.15) is 11.9 Å². The topological polar surface area (TPSA) is 108 Å². The molecule has 1 heterocycles. The first kappa shape index (κ1) is 24.6. The van der Waals surface area contributed by atoms with E-state index in [0.29, 0.717) is 16.9 Å². The fourth-order valence-electron chi connectivity index (χ4n) is 4.51. The highest BCUT2D eigenvalue weighted by Crippen LogP contribution is 2.30. The summed E-state index contributed by atoms with van der Waals surface area (Å²) in [5.41, 5.74) is 8.18. The van der Waals surface area contributed by atoms with Crippen molar-refractivity contribution in [2.24, 2.45) is 0 Å². The smallest absolute Gasteiger partial charge is 0.264 e. The van der Waals surface area contributed by atoms with Gasteiger partial charge in [0.05, 0.1) is 28.8 Å². The molecular formula is C29H28N4O3S. The number of fused-ring (bicyclic) bond motifs is 1. The van der Waals surface area contributed by atoms with Crippen LogP contribution in [-0.4, -0.2) is 27.6 Å². The number of nitrogens with one attached hydrogen (secondary N) is 1. The van der Waals surface area contributed by atoms with Crippen LogP contribution in [0.2, 0.25) is 0 Å². The number of ether oxygens (including phenoxy) is 1. The van der Waals surface area contributed by atoms with Crippen LogP contribution < -0.4 is 20.1 Å². The van der Waals surface area contributed by atoms with Gasteiger partial charge in [0.2, 0.25) is 0 Å². The largest absolute Gasteiger partial charge is 0.490 e. The molecule has 188 valence electrons. The number of piperidine rings is 1. The number of benzene rings is 4. The molecule has 0 amide bonds. The molecule has 0 bridgehead atoms. The number of nitrogens with zero attached hydrogens (tertiary/aromatic N) is 2. The van der Waals surface area contributed by atoms with Crippen molar-refractivity contribution in [2.75, 3.05) is 23.1 Å². The average molecular weight is 513 g/mol. The second-order valence-corrected chi connectivity index (χ2v) is 11.0. The van der Waals surface area contributed by atoms with Crippen LogP contribution in [0.5, 0.6) is 5.75 Å². The van der Waals surface area contributed by atoms with Crippen molar-refractivity contribution in [2.45, 2.75) is 30.4 Å². The lowest BCUT2D eigenvalue weighted by Crippen LogP contribution is -2.34. The summed E-state index contributed by atoms with van der Waals surface area (Å²) in [7, 11) is -3.90. The van der Waals surface area contributed by atoms with Gasteiger partial charge in [-0.15, -0.1) is 0 Å². The zero-order chi connectivity index (χ0) is 25.8. The van der Waals surface area contributed by atoms with E-state index in [4.69, 9.17) is 10.5 Å². The number of hydrogen-bond acceptors (Lipinski definition) is 6. The fourth-order valence-corrected chi connectivity index (χ4v) is 5.96. The predicted molar refractivity (Wildman–Crippen MR) is 146 cm³/mol. The zero-order valence-corrected chi connectivity index (χ0v) is 21.1. The highest BCUT2D eigenvalue weighted by atomic mass is 32.2. The van der Waals surface area contributed by atoms with Crippen LogP contribution in [0.4, 0.5) is 11.4 Å². The van der Waals surface area contributed by atoms with Gasteiger partial charge in [-0.3, -0.25) is 4.31 Å². The highest BCUT2D eigenvalue weighted by Gasteiger charge is 2.26. The Bertz CT molecular complexity index is 1540. The number of nitrogen functional groups attached to an aromatic ring is 1. The van der Waals surface area contributed by atoms with Gasteiger partial charge in [0, 0.05) is 5.69 Å². The second kappa shape index (κ2) is 10.5. The van der Waals surface area contributed by atoms with E-state index in [0.717, 1.165) is 48.0 Å². The Labute approximate surface area is 217 Å². The molecule has 4 aromatic carbocycles. The van der Waals surface area contributed by atoms with E-state index in [1.807, 2.05) is 42.5 Å². The summed E-state index contributed by atoms with van der Waals surface area (Å²) in [6.45, 7) is 1.98. The quantitative estimate of drug-likeness (QED) is 0.344. The molecule has 1 aliphatic heterocycles. The van der Waals surface area contributed by atoms with Gasteiger partial charge in [0.25, 0.3) is 10.0 Å². The molecular weight excluding hydrogens is 484 g/mol. The van der Waals surface area contributed by atoms with Crippen LogP contribution >= 0.6 is 0 Å². The molecule has 0 spiro atoms. The number of anilines is 2. The second-order valence-electron chi connectivity index (χ2n) is 9.15. The SMILES string of the molecule is N#Cc1ccc2ccc(CN(c3ccc(OC4CCNCC4)cc3)S(=O)(=O)c3ccc(N)cc3)cc2c1. The Hall–Kier alpha value is -4.06. The lowest BCUT2D eigenvalue weighted by atomic mass is 10.0. The minimum Gasteiger partial charge on any atom is -0.490 e.